The molecule has 0 unspecified atom stereocenters. The Morgan fingerprint density at radius 2 is 1.53 bits per heavy atom. The zero-order chi connectivity index (χ0) is 25.0. The molecule has 0 fully saturated rings. The highest BCUT2D eigenvalue weighted by Crippen LogP contribution is 2.43. The first kappa shape index (κ1) is 26.0. The molecule has 0 spiro atoms. The first-order valence-electron chi connectivity index (χ1n) is 12.0. The third kappa shape index (κ3) is 5.90. The molecular formula is C28H36O5S. The standard InChI is InChI=1S/C28H36O5S/c1-5-15-28(16-6-2)25(29)24(26(30)33-28)19-27(3,4)18-21-11-10-12-22(17-21)20-34(31,32)23-13-8-7-9-14-23/h7-14,17,29H,5-6,15-16,18-20H2,1-4H3. The molecule has 0 aromatic heterocycles. The van der Waals surface area contributed by atoms with E-state index in [1.807, 2.05) is 52.0 Å². The number of carbonyl (C=O) groups excluding carboxylic acids is 1. The van der Waals surface area contributed by atoms with Gasteiger partial charge in [0.25, 0.3) is 0 Å². The van der Waals surface area contributed by atoms with E-state index in [1.165, 1.54) is 0 Å². The van der Waals surface area contributed by atoms with Gasteiger partial charge in [-0.3, -0.25) is 0 Å². The number of aliphatic hydroxyl groups excluding tert-OH is 1. The lowest BCUT2D eigenvalue weighted by Crippen LogP contribution is -2.31. The van der Waals surface area contributed by atoms with Gasteiger partial charge in [-0.2, -0.15) is 0 Å². The van der Waals surface area contributed by atoms with E-state index in [0.29, 0.717) is 36.2 Å². The Balaban J connectivity index is 1.78. The minimum atomic E-state index is -3.43. The van der Waals surface area contributed by atoms with Crippen LogP contribution in [0.25, 0.3) is 0 Å². The van der Waals surface area contributed by atoms with Crippen molar-refractivity contribution < 1.29 is 23.1 Å². The van der Waals surface area contributed by atoms with Gasteiger partial charge in [-0.05, 0) is 54.4 Å². The quantitative estimate of drug-likeness (QED) is 0.377. The number of aliphatic hydroxyl groups is 1. The third-order valence-electron chi connectivity index (χ3n) is 6.35. The Kier molecular flexibility index (Phi) is 7.91. The predicted molar refractivity (Wildman–Crippen MR) is 134 cm³/mol. The van der Waals surface area contributed by atoms with Crippen molar-refractivity contribution in [1.82, 2.24) is 0 Å². The topological polar surface area (TPSA) is 80.7 Å². The number of hydrogen-bond donors (Lipinski definition) is 1. The molecule has 184 valence electrons. The molecule has 1 N–H and O–H groups in total. The van der Waals surface area contributed by atoms with Gasteiger partial charge in [0.05, 0.1) is 16.2 Å². The monoisotopic (exact) mass is 484 g/mol. The molecule has 5 nitrogen and oxygen atoms in total. The van der Waals surface area contributed by atoms with E-state index >= 15 is 0 Å². The van der Waals surface area contributed by atoms with Crippen LogP contribution in [0.1, 0.15) is 70.9 Å². The molecule has 0 aliphatic carbocycles. The number of esters is 1. The van der Waals surface area contributed by atoms with Crippen LogP contribution in [-0.4, -0.2) is 25.1 Å². The van der Waals surface area contributed by atoms with Gasteiger partial charge in [0.15, 0.2) is 15.4 Å². The second kappa shape index (κ2) is 10.3. The van der Waals surface area contributed by atoms with Crippen LogP contribution in [0.2, 0.25) is 0 Å². The van der Waals surface area contributed by atoms with Crippen LogP contribution in [0.4, 0.5) is 0 Å². The summed E-state index contributed by atoms with van der Waals surface area (Å²) in [6, 6.07) is 16.0. The average Bonchev–Trinajstić information content (AvgIpc) is 2.98. The van der Waals surface area contributed by atoms with Crippen molar-refractivity contribution in [2.75, 3.05) is 0 Å². The summed E-state index contributed by atoms with van der Waals surface area (Å²) in [5, 5.41) is 11.0. The van der Waals surface area contributed by atoms with Gasteiger partial charge in [-0.25, -0.2) is 13.2 Å². The lowest BCUT2D eigenvalue weighted by atomic mass is 9.78. The van der Waals surface area contributed by atoms with E-state index in [1.54, 1.807) is 30.3 Å². The highest BCUT2D eigenvalue weighted by Gasteiger charge is 2.47. The van der Waals surface area contributed by atoms with E-state index in [9.17, 15) is 18.3 Å². The summed E-state index contributed by atoms with van der Waals surface area (Å²) in [4.78, 5) is 13.0. The van der Waals surface area contributed by atoms with Crippen LogP contribution in [0.15, 0.2) is 70.8 Å². The van der Waals surface area contributed by atoms with E-state index in [0.717, 1.165) is 24.0 Å². The molecule has 3 rings (SSSR count). The van der Waals surface area contributed by atoms with Crippen LogP contribution in [0.5, 0.6) is 0 Å². The Bertz CT molecular complexity index is 1140. The number of carbonyl (C=O) groups is 1. The minimum Gasteiger partial charge on any atom is -0.507 e. The summed E-state index contributed by atoms with van der Waals surface area (Å²) in [6.45, 7) is 8.14. The van der Waals surface area contributed by atoms with E-state index < -0.39 is 21.4 Å². The molecule has 2 aromatic rings. The second-order valence-electron chi connectivity index (χ2n) is 10.1. The molecule has 1 aliphatic heterocycles. The fourth-order valence-electron chi connectivity index (χ4n) is 4.94. The molecule has 0 saturated carbocycles. The fraction of sp³-hybridized carbons (Fsp3) is 0.464. The Morgan fingerprint density at radius 1 is 0.912 bits per heavy atom. The summed E-state index contributed by atoms with van der Waals surface area (Å²) in [6.07, 6.45) is 3.87. The van der Waals surface area contributed by atoms with E-state index in [2.05, 4.69) is 0 Å². The molecular weight excluding hydrogens is 448 g/mol. The zero-order valence-corrected chi connectivity index (χ0v) is 21.5. The van der Waals surface area contributed by atoms with Gasteiger partial charge in [0.1, 0.15) is 5.76 Å². The van der Waals surface area contributed by atoms with Gasteiger partial charge in [-0.1, -0.05) is 83.0 Å². The smallest absolute Gasteiger partial charge is 0.338 e. The maximum atomic E-state index is 12.8. The van der Waals surface area contributed by atoms with E-state index in [4.69, 9.17) is 4.74 Å². The number of benzene rings is 2. The van der Waals surface area contributed by atoms with Crippen molar-refractivity contribution in [1.29, 1.82) is 0 Å². The predicted octanol–water partition coefficient (Wildman–Crippen LogP) is 6.33. The number of sulfone groups is 1. The highest BCUT2D eigenvalue weighted by molar-refractivity contribution is 7.90. The lowest BCUT2D eigenvalue weighted by Gasteiger charge is -2.27. The molecule has 0 saturated heterocycles. The maximum Gasteiger partial charge on any atom is 0.338 e. The van der Waals surface area contributed by atoms with Crippen molar-refractivity contribution in [2.45, 2.75) is 82.5 Å². The minimum absolute atomic E-state index is 0.0693. The largest absolute Gasteiger partial charge is 0.507 e. The molecule has 34 heavy (non-hydrogen) atoms. The molecule has 0 atom stereocenters. The zero-order valence-electron chi connectivity index (χ0n) is 20.6. The molecule has 0 bridgehead atoms. The van der Waals surface area contributed by atoms with Gasteiger partial charge >= 0.3 is 5.97 Å². The first-order chi connectivity index (χ1) is 16.0. The normalized spacial score (nSPS) is 16.1. The van der Waals surface area contributed by atoms with Crippen LogP contribution < -0.4 is 0 Å². The van der Waals surface area contributed by atoms with Crippen molar-refractivity contribution in [3.05, 3.63) is 77.1 Å². The Labute approximate surface area is 203 Å². The van der Waals surface area contributed by atoms with Gasteiger partial charge in [0.2, 0.25) is 0 Å². The molecule has 2 aromatic carbocycles. The van der Waals surface area contributed by atoms with Gasteiger partial charge < -0.3 is 9.84 Å². The summed E-state index contributed by atoms with van der Waals surface area (Å²) in [5.74, 6) is -0.396. The van der Waals surface area contributed by atoms with Gasteiger partial charge in [-0.15, -0.1) is 0 Å². The first-order valence-corrected chi connectivity index (χ1v) is 13.7. The lowest BCUT2D eigenvalue weighted by molar-refractivity contribution is -0.149. The molecule has 6 heteroatoms. The highest BCUT2D eigenvalue weighted by atomic mass is 32.2. The van der Waals surface area contributed by atoms with Crippen LogP contribution in [0, 0.1) is 5.41 Å². The summed E-state index contributed by atoms with van der Waals surface area (Å²) in [7, 11) is -3.43. The number of cyclic esters (lactones) is 1. The van der Waals surface area contributed by atoms with Crippen molar-refractivity contribution in [3.63, 3.8) is 0 Å². The Morgan fingerprint density at radius 3 is 2.15 bits per heavy atom. The van der Waals surface area contributed by atoms with Crippen molar-refractivity contribution >= 4 is 15.8 Å². The summed E-state index contributed by atoms with van der Waals surface area (Å²) < 4.78 is 31.3. The summed E-state index contributed by atoms with van der Waals surface area (Å²) in [5.41, 5.74) is 0.857. The SMILES string of the molecule is CCCC1(CCC)OC(=O)C(CC(C)(C)Cc2cccc(CS(=O)(=O)c3ccccc3)c2)=C1O. The molecule has 1 heterocycles. The second-order valence-corrected chi connectivity index (χ2v) is 12.1. The number of ether oxygens (including phenoxy) is 1. The van der Waals surface area contributed by atoms with Crippen LogP contribution >= 0.6 is 0 Å². The van der Waals surface area contributed by atoms with Crippen molar-refractivity contribution in [2.24, 2.45) is 5.41 Å². The van der Waals surface area contributed by atoms with Crippen molar-refractivity contribution in [3.8, 4) is 0 Å². The third-order valence-corrected chi connectivity index (χ3v) is 8.05. The summed E-state index contributed by atoms with van der Waals surface area (Å²) >= 11 is 0. The molecule has 1 aliphatic rings. The molecule has 0 amide bonds. The van der Waals surface area contributed by atoms with E-state index in [-0.39, 0.29) is 16.9 Å². The van der Waals surface area contributed by atoms with Gasteiger partial charge in [0, 0.05) is 0 Å². The number of rotatable bonds is 11. The molecule has 0 radical (unpaired) electrons. The average molecular weight is 485 g/mol. The van der Waals surface area contributed by atoms with Crippen LogP contribution in [0.3, 0.4) is 0 Å². The Hall–Kier alpha value is -2.60. The fourth-order valence-corrected chi connectivity index (χ4v) is 6.30. The number of hydrogen-bond acceptors (Lipinski definition) is 5. The van der Waals surface area contributed by atoms with Crippen LogP contribution in [-0.2, 0) is 31.5 Å². The maximum absolute atomic E-state index is 12.8.